The number of hydrogen-bond acceptors (Lipinski definition) is 8. The Labute approximate surface area is 259 Å². The van der Waals surface area contributed by atoms with Crippen molar-refractivity contribution in [3.05, 3.63) is 66.2 Å². The van der Waals surface area contributed by atoms with E-state index in [0.717, 1.165) is 33.7 Å². The lowest BCUT2D eigenvalue weighted by Crippen LogP contribution is -2.50. The van der Waals surface area contributed by atoms with Crippen molar-refractivity contribution >= 4 is 39.2 Å². The molecule has 1 saturated carbocycles. The molecule has 1 unspecified atom stereocenters. The van der Waals surface area contributed by atoms with Gasteiger partial charge in [-0.3, -0.25) is 14.8 Å². The molecule has 1 fully saturated rings. The lowest BCUT2D eigenvalue weighted by molar-refractivity contribution is -0.136. The predicted octanol–water partition coefficient (Wildman–Crippen LogP) is 5.92. The van der Waals surface area contributed by atoms with Crippen LogP contribution in [-0.2, 0) is 16.1 Å². The van der Waals surface area contributed by atoms with Gasteiger partial charge in [-0.1, -0.05) is 26.8 Å². The smallest absolute Gasteiger partial charge is 0.319 e. The standard InChI is InChI=1S/C32H37FN6O4S/c1-32(2,3)29(34)30(40)39(13-14-42-4)18-19-5-9-23(36-17-19)27-16-24-28(44-27)26(11-12-35-24)43-25-10-8-21(15-22(25)33)38-31(41)37-20-6-7-20/h5,8-12,15-17,20,29H,6-7,13-14,18,34H2,1-4H3,(H2,37,38,41). The Bertz CT molecular complexity index is 1630. The second-order valence-electron chi connectivity index (χ2n) is 11.9. The summed E-state index contributed by atoms with van der Waals surface area (Å²) in [4.78, 5) is 36.8. The van der Waals surface area contributed by atoms with Crippen molar-refractivity contribution in [2.45, 2.75) is 52.2 Å². The fourth-order valence-corrected chi connectivity index (χ4v) is 5.44. The number of amides is 3. The van der Waals surface area contributed by atoms with E-state index in [1.54, 1.807) is 36.5 Å². The number of urea groups is 1. The Morgan fingerprint density at radius 3 is 2.59 bits per heavy atom. The van der Waals surface area contributed by atoms with Crippen molar-refractivity contribution in [3.63, 3.8) is 0 Å². The van der Waals surface area contributed by atoms with Gasteiger partial charge in [0.1, 0.15) is 5.75 Å². The number of rotatable bonds is 11. The van der Waals surface area contributed by atoms with Crippen LogP contribution in [0.3, 0.4) is 0 Å². The van der Waals surface area contributed by atoms with Gasteiger partial charge >= 0.3 is 6.03 Å². The zero-order valence-corrected chi connectivity index (χ0v) is 26.0. The maximum Gasteiger partial charge on any atom is 0.319 e. The molecule has 1 aromatic carbocycles. The largest absolute Gasteiger partial charge is 0.453 e. The first-order chi connectivity index (χ1) is 21.0. The number of anilines is 1. The van der Waals surface area contributed by atoms with E-state index in [2.05, 4.69) is 20.6 Å². The normalized spacial score (nSPS) is 13.9. The van der Waals surface area contributed by atoms with Crippen molar-refractivity contribution in [2.24, 2.45) is 11.1 Å². The highest BCUT2D eigenvalue weighted by Crippen LogP contribution is 2.39. The van der Waals surface area contributed by atoms with Crippen LogP contribution in [-0.4, -0.2) is 59.2 Å². The summed E-state index contributed by atoms with van der Waals surface area (Å²) < 4.78 is 26.8. The van der Waals surface area contributed by atoms with Crippen LogP contribution in [0.25, 0.3) is 20.8 Å². The minimum absolute atomic E-state index is 0.0295. The van der Waals surface area contributed by atoms with E-state index in [9.17, 15) is 14.0 Å². The highest BCUT2D eigenvalue weighted by atomic mass is 32.1. The molecular weight excluding hydrogens is 583 g/mol. The number of hydrogen-bond donors (Lipinski definition) is 3. The summed E-state index contributed by atoms with van der Waals surface area (Å²) in [5, 5.41) is 5.45. The number of carbonyl (C=O) groups excluding carboxylic acids is 2. The average molecular weight is 621 g/mol. The van der Waals surface area contributed by atoms with E-state index in [0.29, 0.717) is 36.6 Å². The van der Waals surface area contributed by atoms with Gasteiger partial charge in [0, 0.05) is 56.5 Å². The molecule has 0 bridgehead atoms. The van der Waals surface area contributed by atoms with Crippen LogP contribution in [0, 0.1) is 11.2 Å². The lowest BCUT2D eigenvalue weighted by atomic mass is 9.86. The minimum Gasteiger partial charge on any atom is -0.453 e. The van der Waals surface area contributed by atoms with Gasteiger partial charge in [-0.25, -0.2) is 9.18 Å². The number of methoxy groups -OCH3 is 1. The second kappa shape index (κ2) is 13.2. The number of aromatic nitrogens is 2. The van der Waals surface area contributed by atoms with Crippen molar-refractivity contribution in [1.82, 2.24) is 20.2 Å². The summed E-state index contributed by atoms with van der Waals surface area (Å²) in [5.74, 6) is -0.254. The molecule has 3 aromatic heterocycles. The molecule has 1 aliphatic carbocycles. The van der Waals surface area contributed by atoms with Crippen LogP contribution in [0.4, 0.5) is 14.9 Å². The molecule has 10 nitrogen and oxygen atoms in total. The number of fused-ring (bicyclic) bond motifs is 1. The summed E-state index contributed by atoms with van der Waals surface area (Å²) in [7, 11) is 1.60. The Balaban J connectivity index is 1.30. The third kappa shape index (κ3) is 7.68. The first-order valence-electron chi connectivity index (χ1n) is 14.4. The molecule has 44 heavy (non-hydrogen) atoms. The highest BCUT2D eigenvalue weighted by Gasteiger charge is 2.31. The number of nitrogens with two attached hydrogens (primary N) is 1. The number of nitrogens with zero attached hydrogens (tertiary/aromatic N) is 3. The van der Waals surface area contributed by atoms with Crippen LogP contribution in [0.15, 0.2) is 54.9 Å². The minimum atomic E-state index is -0.643. The van der Waals surface area contributed by atoms with Gasteiger partial charge in [-0.2, -0.15) is 0 Å². The summed E-state index contributed by atoms with van der Waals surface area (Å²) in [6.07, 6.45) is 5.28. The van der Waals surface area contributed by atoms with Crippen molar-refractivity contribution in [3.8, 4) is 22.1 Å². The first-order valence-corrected chi connectivity index (χ1v) is 15.3. The molecule has 1 aliphatic rings. The van der Waals surface area contributed by atoms with Crippen LogP contribution in [0.1, 0.15) is 39.2 Å². The Morgan fingerprint density at radius 1 is 1.14 bits per heavy atom. The molecule has 0 spiro atoms. The molecule has 0 radical (unpaired) electrons. The molecule has 4 N–H and O–H groups in total. The molecule has 3 amide bonds. The molecule has 12 heteroatoms. The third-order valence-electron chi connectivity index (χ3n) is 7.22. The van der Waals surface area contributed by atoms with Gasteiger partial charge in [0.15, 0.2) is 11.6 Å². The maximum absolute atomic E-state index is 14.9. The van der Waals surface area contributed by atoms with Crippen molar-refractivity contribution in [2.75, 3.05) is 25.6 Å². The molecule has 5 rings (SSSR count). The summed E-state index contributed by atoms with van der Waals surface area (Å²) in [5.41, 5.74) is 8.51. The Hall–Kier alpha value is -4.13. The van der Waals surface area contributed by atoms with Gasteiger partial charge in [0.25, 0.3) is 0 Å². The number of thiophene rings is 1. The van der Waals surface area contributed by atoms with Crippen LogP contribution in [0.2, 0.25) is 0 Å². The predicted molar refractivity (Wildman–Crippen MR) is 169 cm³/mol. The van der Waals surface area contributed by atoms with Crippen LogP contribution >= 0.6 is 11.3 Å². The molecule has 1 atom stereocenters. The molecule has 232 valence electrons. The summed E-state index contributed by atoms with van der Waals surface area (Å²) in [6, 6.07) is 10.9. The number of halogens is 1. The van der Waals surface area contributed by atoms with Gasteiger partial charge in [-0.15, -0.1) is 11.3 Å². The average Bonchev–Trinajstić information content (AvgIpc) is 3.69. The fraction of sp³-hybridized carbons (Fsp3) is 0.375. The molecule has 0 saturated heterocycles. The van der Waals surface area contributed by atoms with Crippen LogP contribution in [0.5, 0.6) is 11.5 Å². The van der Waals surface area contributed by atoms with E-state index in [-0.39, 0.29) is 29.1 Å². The van der Waals surface area contributed by atoms with Crippen molar-refractivity contribution < 1.29 is 23.5 Å². The van der Waals surface area contributed by atoms with E-state index >= 15 is 0 Å². The molecule has 4 aromatic rings. The third-order valence-corrected chi connectivity index (χ3v) is 8.39. The Kier molecular flexibility index (Phi) is 9.42. The number of nitrogens with one attached hydrogen (secondary N) is 2. The SMILES string of the molecule is COCCN(Cc1ccc(-c2cc3nccc(Oc4ccc(NC(=O)NC5CC5)cc4F)c3s2)nc1)C(=O)C(N)C(C)(C)C. The second-order valence-corrected chi connectivity index (χ2v) is 13.0. The fourth-order valence-electron chi connectivity index (χ4n) is 4.40. The van der Waals surface area contributed by atoms with E-state index < -0.39 is 11.9 Å². The lowest BCUT2D eigenvalue weighted by Gasteiger charge is -2.32. The molecular formula is C32H37FN6O4S. The number of benzene rings is 1. The van der Waals surface area contributed by atoms with Gasteiger partial charge in [-0.05, 0) is 48.1 Å². The van der Waals surface area contributed by atoms with E-state index in [1.807, 2.05) is 39.0 Å². The quantitative estimate of drug-likeness (QED) is 0.190. The topological polar surface area (TPSA) is 132 Å². The maximum atomic E-state index is 14.9. The van der Waals surface area contributed by atoms with Crippen LogP contribution < -0.4 is 21.1 Å². The monoisotopic (exact) mass is 620 g/mol. The van der Waals surface area contributed by atoms with Gasteiger partial charge in [0.05, 0.1) is 33.4 Å². The zero-order chi connectivity index (χ0) is 31.4. The number of pyridine rings is 2. The summed E-state index contributed by atoms with van der Waals surface area (Å²) in [6.45, 7) is 7.00. The number of carbonyl (C=O) groups is 2. The van der Waals surface area contributed by atoms with E-state index in [1.165, 1.54) is 23.5 Å². The van der Waals surface area contributed by atoms with Crippen molar-refractivity contribution in [1.29, 1.82) is 0 Å². The Morgan fingerprint density at radius 2 is 1.93 bits per heavy atom. The highest BCUT2D eigenvalue weighted by molar-refractivity contribution is 7.22. The number of ether oxygens (including phenoxy) is 2. The van der Waals surface area contributed by atoms with Gasteiger partial charge < -0.3 is 30.7 Å². The van der Waals surface area contributed by atoms with E-state index in [4.69, 9.17) is 15.2 Å². The zero-order valence-electron chi connectivity index (χ0n) is 25.2. The first kappa shape index (κ1) is 31.3. The molecule has 0 aliphatic heterocycles. The summed E-state index contributed by atoms with van der Waals surface area (Å²) >= 11 is 1.43. The molecule has 3 heterocycles. The van der Waals surface area contributed by atoms with Gasteiger partial charge in [0.2, 0.25) is 5.91 Å².